The van der Waals surface area contributed by atoms with Crippen molar-refractivity contribution in [3.63, 3.8) is 0 Å². The van der Waals surface area contributed by atoms with Gasteiger partial charge in [-0.25, -0.2) is 9.18 Å². The Hall–Kier alpha value is -1.23. The number of carboxylic acids is 1. The number of rotatable bonds is 4. The lowest BCUT2D eigenvalue weighted by Crippen LogP contribution is -2.20. The van der Waals surface area contributed by atoms with Crippen LogP contribution in [-0.2, 0) is 16.6 Å². The molecule has 19 heavy (non-hydrogen) atoms. The normalized spacial score (nSPS) is 18.2. The van der Waals surface area contributed by atoms with E-state index in [1.807, 2.05) is 0 Å². The molecule has 0 saturated heterocycles. The molecule has 1 aliphatic carbocycles. The highest BCUT2D eigenvalue weighted by Crippen LogP contribution is 2.24. The average molecular weight is 284 g/mol. The van der Waals surface area contributed by atoms with E-state index >= 15 is 0 Å². The first kappa shape index (κ1) is 14.2. The highest BCUT2D eigenvalue weighted by molar-refractivity contribution is 7.84. The van der Waals surface area contributed by atoms with Gasteiger partial charge in [-0.15, -0.1) is 0 Å². The van der Waals surface area contributed by atoms with Gasteiger partial charge in [-0.05, 0) is 31.0 Å². The van der Waals surface area contributed by atoms with E-state index < -0.39 is 22.6 Å². The van der Waals surface area contributed by atoms with Gasteiger partial charge in [0.1, 0.15) is 5.82 Å². The summed E-state index contributed by atoms with van der Waals surface area (Å²) >= 11 is 0. The van der Waals surface area contributed by atoms with E-state index in [0.717, 1.165) is 31.7 Å². The van der Waals surface area contributed by atoms with E-state index in [0.29, 0.717) is 0 Å². The van der Waals surface area contributed by atoms with Crippen molar-refractivity contribution in [3.8, 4) is 0 Å². The maximum absolute atomic E-state index is 13.6. The molecule has 0 aromatic heterocycles. The lowest BCUT2D eigenvalue weighted by Gasteiger charge is -2.21. The number of benzene rings is 1. The van der Waals surface area contributed by atoms with Crippen molar-refractivity contribution in [1.82, 2.24) is 0 Å². The lowest BCUT2D eigenvalue weighted by molar-refractivity contribution is 0.0696. The van der Waals surface area contributed by atoms with E-state index in [2.05, 4.69) is 0 Å². The van der Waals surface area contributed by atoms with Crippen molar-refractivity contribution in [3.05, 3.63) is 35.1 Å². The molecule has 1 unspecified atom stereocenters. The first-order chi connectivity index (χ1) is 9.08. The molecule has 3 nitrogen and oxygen atoms in total. The second-order valence-corrected chi connectivity index (χ2v) is 6.61. The van der Waals surface area contributed by atoms with Crippen molar-refractivity contribution >= 4 is 16.8 Å². The minimum absolute atomic E-state index is 0.0389. The summed E-state index contributed by atoms with van der Waals surface area (Å²) in [5.74, 6) is -1.46. The second-order valence-electron chi connectivity index (χ2n) is 4.90. The summed E-state index contributed by atoms with van der Waals surface area (Å²) in [6, 6.07) is 3.65. The van der Waals surface area contributed by atoms with Crippen LogP contribution in [0.2, 0.25) is 0 Å². The summed E-state index contributed by atoms with van der Waals surface area (Å²) in [4.78, 5) is 10.9. The van der Waals surface area contributed by atoms with Crippen LogP contribution in [0.15, 0.2) is 18.2 Å². The van der Waals surface area contributed by atoms with E-state index in [1.54, 1.807) is 0 Å². The van der Waals surface area contributed by atoms with Crippen molar-refractivity contribution in [2.24, 2.45) is 0 Å². The molecule has 2 rings (SSSR count). The first-order valence-corrected chi connectivity index (χ1v) is 7.85. The van der Waals surface area contributed by atoms with Gasteiger partial charge in [0.2, 0.25) is 0 Å². The van der Waals surface area contributed by atoms with Gasteiger partial charge in [0, 0.05) is 21.6 Å². The van der Waals surface area contributed by atoms with Gasteiger partial charge in [-0.3, -0.25) is 4.21 Å². The zero-order valence-electron chi connectivity index (χ0n) is 10.6. The number of aromatic carboxylic acids is 1. The molecule has 0 amide bonds. The van der Waals surface area contributed by atoms with Crippen molar-refractivity contribution in [2.45, 2.75) is 43.1 Å². The Balaban J connectivity index is 2.11. The van der Waals surface area contributed by atoms with Crippen molar-refractivity contribution in [2.75, 3.05) is 0 Å². The largest absolute Gasteiger partial charge is 0.478 e. The summed E-state index contributed by atoms with van der Waals surface area (Å²) < 4.78 is 25.8. The maximum atomic E-state index is 13.6. The summed E-state index contributed by atoms with van der Waals surface area (Å²) in [5.41, 5.74) is 0.279. The predicted molar refractivity (Wildman–Crippen MR) is 72.1 cm³/mol. The van der Waals surface area contributed by atoms with Crippen LogP contribution in [0.4, 0.5) is 4.39 Å². The first-order valence-electron chi connectivity index (χ1n) is 6.47. The van der Waals surface area contributed by atoms with Crippen LogP contribution in [0.1, 0.15) is 48.0 Å². The molecular formula is C14H17FO3S. The average Bonchev–Trinajstić information content (AvgIpc) is 2.42. The van der Waals surface area contributed by atoms with Gasteiger partial charge >= 0.3 is 5.97 Å². The molecule has 1 N–H and O–H groups in total. The van der Waals surface area contributed by atoms with Gasteiger partial charge in [0.25, 0.3) is 0 Å². The smallest absolute Gasteiger partial charge is 0.335 e. The monoisotopic (exact) mass is 284 g/mol. The van der Waals surface area contributed by atoms with Crippen molar-refractivity contribution in [1.29, 1.82) is 0 Å². The summed E-state index contributed by atoms with van der Waals surface area (Å²) in [6.07, 6.45) is 5.18. The van der Waals surface area contributed by atoms with Crippen LogP contribution in [0.25, 0.3) is 0 Å². The summed E-state index contributed by atoms with van der Waals surface area (Å²) in [5, 5.41) is 9.01. The standard InChI is InChI=1S/C14H17FO3S/c15-13-7-6-10(14(16)17)8-11(13)9-19(18)12-4-2-1-3-5-12/h6-8,12H,1-5,9H2,(H,16,17). The Labute approximate surface area is 114 Å². The van der Waals surface area contributed by atoms with Gasteiger partial charge in [0.15, 0.2) is 0 Å². The molecule has 0 spiro atoms. The molecular weight excluding hydrogens is 267 g/mol. The molecule has 1 saturated carbocycles. The summed E-state index contributed by atoms with van der Waals surface area (Å²) in [7, 11) is -1.12. The third-order valence-corrected chi connectivity index (χ3v) is 5.32. The minimum Gasteiger partial charge on any atom is -0.478 e. The van der Waals surface area contributed by atoms with Crippen LogP contribution < -0.4 is 0 Å². The second kappa shape index (κ2) is 6.28. The highest BCUT2D eigenvalue weighted by atomic mass is 32.2. The highest BCUT2D eigenvalue weighted by Gasteiger charge is 2.21. The fourth-order valence-electron chi connectivity index (χ4n) is 2.42. The Bertz CT molecular complexity index is 495. The number of carboxylic acid groups (broad SMARTS) is 1. The van der Waals surface area contributed by atoms with Gasteiger partial charge in [-0.2, -0.15) is 0 Å². The molecule has 0 bridgehead atoms. The van der Waals surface area contributed by atoms with Gasteiger partial charge < -0.3 is 5.11 Å². The van der Waals surface area contributed by atoms with E-state index in [1.165, 1.54) is 18.6 Å². The number of hydrogen-bond acceptors (Lipinski definition) is 2. The molecule has 5 heteroatoms. The van der Waals surface area contributed by atoms with Crippen LogP contribution in [0, 0.1) is 5.82 Å². The zero-order valence-corrected chi connectivity index (χ0v) is 11.4. The van der Waals surface area contributed by atoms with E-state index in [4.69, 9.17) is 5.11 Å². The molecule has 1 fully saturated rings. The van der Waals surface area contributed by atoms with Gasteiger partial charge in [-0.1, -0.05) is 19.3 Å². The zero-order chi connectivity index (χ0) is 13.8. The fraction of sp³-hybridized carbons (Fsp3) is 0.500. The Kier molecular flexibility index (Phi) is 4.69. The Morgan fingerprint density at radius 1 is 1.32 bits per heavy atom. The van der Waals surface area contributed by atoms with Crippen LogP contribution in [-0.4, -0.2) is 20.5 Å². The fourth-order valence-corrected chi connectivity index (χ4v) is 4.04. The summed E-state index contributed by atoms with van der Waals surface area (Å²) in [6.45, 7) is 0. The van der Waals surface area contributed by atoms with E-state index in [-0.39, 0.29) is 22.1 Å². The Morgan fingerprint density at radius 2 is 2.00 bits per heavy atom. The topological polar surface area (TPSA) is 54.4 Å². The van der Waals surface area contributed by atoms with Crippen molar-refractivity contribution < 1.29 is 18.5 Å². The number of hydrogen-bond donors (Lipinski definition) is 1. The molecule has 1 aromatic carbocycles. The third kappa shape index (κ3) is 3.62. The molecule has 1 aliphatic rings. The SMILES string of the molecule is O=C(O)c1ccc(F)c(CS(=O)C2CCCCC2)c1. The number of carbonyl (C=O) groups is 1. The minimum atomic E-state index is -1.12. The Morgan fingerprint density at radius 3 is 2.63 bits per heavy atom. The van der Waals surface area contributed by atoms with Gasteiger partial charge in [0.05, 0.1) is 11.3 Å². The molecule has 0 radical (unpaired) electrons. The predicted octanol–water partition coefficient (Wildman–Crippen LogP) is 3.11. The lowest BCUT2D eigenvalue weighted by atomic mass is 10.0. The molecule has 1 aromatic rings. The van der Waals surface area contributed by atoms with Crippen LogP contribution >= 0.6 is 0 Å². The molecule has 1 atom stereocenters. The third-order valence-electron chi connectivity index (χ3n) is 3.51. The molecule has 0 heterocycles. The quantitative estimate of drug-likeness (QED) is 0.924. The van der Waals surface area contributed by atoms with Crippen LogP contribution in [0.5, 0.6) is 0 Å². The van der Waals surface area contributed by atoms with E-state index in [9.17, 15) is 13.4 Å². The molecule has 0 aliphatic heterocycles. The molecule has 104 valence electrons. The maximum Gasteiger partial charge on any atom is 0.335 e. The van der Waals surface area contributed by atoms with Crippen LogP contribution in [0.3, 0.4) is 0 Å². The number of halogens is 1.